The van der Waals surface area contributed by atoms with Crippen LogP contribution < -0.4 is 14.8 Å². The Labute approximate surface area is 178 Å². The van der Waals surface area contributed by atoms with Gasteiger partial charge in [-0.1, -0.05) is 64.0 Å². The highest BCUT2D eigenvalue weighted by Gasteiger charge is 2.24. The number of ether oxygens (including phenoxy) is 2. The van der Waals surface area contributed by atoms with Crippen LogP contribution in [-0.4, -0.2) is 13.0 Å². The van der Waals surface area contributed by atoms with Gasteiger partial charge >= 0.3 is 0 Å². The van der Waals surface area contributed by atoms with Crippen molar-refractivity contribution < 1.29 is 14.3 Å². The van der Waals surface area contributed by atoms with Crippen molar-refractivity contribution in [2.75, 3.05) is 12.4 Å². The largest absolute Gasteiger partial charge is 0.493 e. The Hall–Kier alpha value is -3.05. The molecule has 1 heterocycles. The van der Waals surface area contributed by atoms with Gasteiger partial charge in [0.2, 0.25) is 0 Å². The lowest BCUT2D eigenvalue weighted by atomic mass is 10.0. The van der Waals surface area contributed by atoms with Crippen LogP contribution in [0, 0.1) is 6.92 Å². The van der Waals surface area contributed by atoms with Crippen molar-refractivity contribution in [3.63, 3.8) is 0 Å². The minimum atomic E-state index is -0.114. The number of carbonyl (C=O) groups excluding carboxylic acids is 1. The van der Waals surface area contributed by atoms with Gasteiger partial charge in [0.25, 0.3) is 5.91 Å². The van der Waals surface area contributed by atoms with Gasteiger partial charge in [-0.15, -0.1) is 0 Å². The summed E-state index contributed by atoms with van der Waals surface area (Å²) in [5.74, 6) is 1.13. The highest BCUT2D eigenvalue weighted by atomic mass is 79.9. The Morgan fingerprint density at radius 1 is 1.03 bits per heavy atom. The average Bonchev–Trinajstić information content (AvgIpc) is 3.04. The zero-order chi connectivity index (χ0) is 20.4. The topological polar surface area (TPSA) is 47.6 Å². The minimum absolute atomic E-state index is 0.114. The molecule has 0 bridgehead atoms. The summed E-state index contributed by atoms with van der Waals surface area (Å²) in [4.78, 5) is 12.4. The van der Waals surface area contributed by atoms with Gasteiger partial charge in [-0.3, -0.25) is 4.79 Å². The summed E-state index contributed by atoms with van der Waals surface area (Å²) >= 11 is 3.60. The Bertz CT molecular complexity index is 1100. The molecule has 1 aliphatic heterocycles. The van der Waals surface area contributed by atoms with Crippen molar-refractivity contribution in [2.45, 2.75) is 13.5 Å². The van der Waals surface area contributed by atoms with Crippen LogP contribution in [0.4, 0.5) is 5.69 Å². The van der Waals surface area contributed by atoms with Crippen LogP contribution >= 0.6 is 15.9 Å². The second kappa shape index (κ2) is 8.13. The number of hydrogen-bond donors (Lipinski definition) is 1. The van der Waals surface area contributed by atoms with Crippen LogP contribution in [0.25, 0.3) is 11.6 Å². The van der Waals surface area contributed by atoms with Crippen molar-refractivity contribution in [2.24, 2.45) is 0 Å². The molecule has 29 heavy (non-hydrogen) atoms. The first-order valence-electron chi connectivity index (χ1n) is 9.23. The van der Waals surface area contributed by atoms with Crippen molar-refractivity contribution in [3.05, 3.63) is 87.4 Å². The maximum atomic E-state index is 12.4. The molecule has 3 aromatic rings. The molecule has 5 heteroatoms. The third-order valence-corrected chi connectivity index (χ3v) is 5.49. The first-order chi connectivity index (χ1) is 14.0. The fourth-order valence-corrected chi connectivity index (χ4v) is 3.65. The summed E-state index contributed by atoms with van der Waals surface area (Å²) in [5, 5.41) is 2.89. The maximum Gasteiger partial charge on any atom is 0.256 e. The number of hydrogen-bond acceptors (Lipinski definition) is 3. The number of anilines is 1. The monoisotopic (exact) mass is 449 g/mol. The zero-order valence-electron chi connectivity index (χ0n) is 16.2. The number of amides is 1. The summed E-state index contributed by atoms with van der Waals surface area (Å²) < 4.78 is 12.3. The van der Waals surface area contributed by atoms with E-state index < -0.39 is 0 Å². The second-order valence-electron chi connectivity index (χ2n) is 6.86. The van der Waals surface area contributed by atoms with Crippen LogP contribution in [0.2, 0.25) is 0 Å². The summed E-state index contributed by atoms with van der Waals surface area (Å²) in [6.07, 6.45) is 1.86. The molecule has 1 N–H and O–H groups in total. The van der Waals surface area contributed by atoms with Crippen molar-refractivity contribution in [1.29, 1.82) is 0 Å². The fraction of sp³-hybridized carbons (Fsp3) is 0.125. The molecule has 1 amide bonds. The normalized spacial score (nSPS) is 13.9. The lowest BCUT2D eigenvalue weighted by Gasteiger charge is -2.13. The quantitative estimate of drug-likeness (QED) is 0.497. The van der Waals surface area contributed by atoms with E-state index in [2.05, 4.69) is 40.3 Å². The predicted molar refractivity (Wildman–Crippen MR) is 119 cm³/mol. The molecule has 0 aliphatic carbocycles. The van der Waals surface area contributed by atoms with Gasteiger partial charge < -0.3 is 14.8 Å². The molecule has 0 fully saturated rings. The highest BCUT2D eigenvalue weighted by Crippen LogP contribution is 2.38. The van der Waals surface area contributed by atoms with E-state index in [1.165, 1.54) is 5.56 Å². The van der Waals surface area contributed by atoms with Gasteiger partial charge in [-0.05, 0) is 42.3 Å². The molecule has 0 aromatic heterocycles. The van der Waals surface area contributed by atoms with E-state index >= 15 is 0 Å². The van der Waals surface area contributed by atoms with Crippen LogP contribution in [-0.2, 0) is 11.4 Å². The lowest BCUT2D eigenvalue weighted by Crippen LogP contribution is -2.03. The Morgan fingerprint density at radius 3 is 2.55 bits per heavy atom. The van der Waals surface area contributed by atoms with Gasteiger partial charge in [0, 0.05) is 21.3 Å². The Kier molecular flexibility index (Phi) is 5.41. The lowest BCUT2D eigenvalue weighted by molar-refractivity contribution is -0.110. The van der Waals surface area contributed by atoms with E-state index in [-0.39, 0.29) is 5.91 Å². The molecule has 0 radical (unpaired) electrons. The number of benzene rings is 3. The van der Waals surface area contributed by atoms with Gasteiger partial charge in [0.15, 0.2) is 11.5 Å². The summed E-state index contributed by atoms with van der Waals surface area (Å²) in [7, 11) is 1.61. The number of aryl methyl sites for hydroxylation is 1. The third kappa shape index (κ3) is 4.05. The number of para-hydroxylation sites is 1. The number of fused-ring (bicyclic) bond motifs is 1. The van der Waals surface area contributed by atoms with Crippen LogP contribution in [0.1, 0.15) is 22.3 Å². The zero-order valence-corrected chi connectivity index (χ0v) is 17.7. The molecule has 0 saturated heterocycles. The summed E-state index contributed by atoms with van der Waals surface area (Å²) in [6.45, 7) is 2.50. The smallest absolute Gasteiger partial charge is 0.256 e. The van der Waals surface area contributed by atoms with E-state index in [4.69, 9.17) is 9.47 Å². The standard InChI is InChI=1S/C24H20BrNO3/c1-15-7-9-16(10-8-15)14-29-23-13-20(25)17(12-22(23)28-2)11-19-18-5-3-4-6-21(18)26-24(19)27/h3-13H,14H2,1-2H3,(H,26,27). The Balaban J connectivity index is 1.63. The molecule has 0 spiro atoms. The van der Waals surface area contributed by atoms with Crippen LogP contribution in [0.3, 0.4) is 0 Å². The van der Waals surface area contributed by atoms with Crippen LogP contribution in [0.15, 0.2) is 65.1 Å². The molecule has 146 valence electrons. The van der Waals surface area contributed by atoms with E-state index in [9.17, 15) is 4.79 Å². The van der Waals surface area contributed by atoms with E-state index in [1.807, 2.05) is 54.6 Å². The fourth-order valence-electron chi connectivity index (χ4n) is 3.22. The highest BCUT2D eigenvalue weighted by molar-refractivity contribution is 9.10. The summed E-state index contributed by atoms with van der Waals surface area (Å²) in [6, 6.07) is 19.6. The number of halogens is 1. The third-order valence-electron chi connectivity index (χ3n) is 4.81. The number of nitrogens with one attached hydrogen (secondary N) is 1. The van der Waals surface area contributed by atoms with Crippen molar-refractivity contribution in [3.8, 4) is 11.5 Å². The van der Waals surface area contributed by atoms with Crippen LogP contribution in [0.5, 0.6) is 11.5 Å². The second-order valence-corrected chi connectivity index (χ2v) is 7.71. The molecule has 4 nitrogen and oxygen atoms in total. The maximum absolute atomic E-state index is 12.4. The minimum Gasteiger partial charge on any atom is -0.493 e. The number of methoxy groups -OCH3 is 1. The number of rotatable bonds is 5. The van der Waals surface area contributed by atoms with Crippen molar-refractivity contribution in [1.82, 2.24) is 0 Å². The molecule has 1 aliphatic rings. The molecule has 0 atom stereocenters. The SMILES string of the molecule is COc1cc(C=C2C(=O)Nc3ccccc32)c(Br)cc1OCc1ccc(C)cc1. The average molecular weight is 450 g/mol. The van der Waals surface area contributed by atoms with Crippen molar-refractivity contribution >= 4 is 39.2 Å². The predicted octanol–water partition coefficient (Wildman–Crippen LogP) is 5.84. The first kappa shape index (κ1) is 19.3. The van der Waals surface area contributed by atoms with E-state index in [1.54, 1.807) is 7.11 Å². The molecule has 0 unspecified atom stereocenters. The van der Waals surface area contributed by atoms with Gasteiger partial charge in [0.05, 0.1) is 7.11 Å². The molecule has 0 saturated carbocycles. The number of carbonyl (C=O) groups is 1. The van der Waals surface area contributed by atoms with Gasteiger partial charge in [-0.25, -0.2) is 0 Å². The first-order valence-corrected chi connectivity index (χ1v) is 10.0. The molecule has 4 rings (SSSR count). The molecule has 3 aromatic carbocycles. The molecular weight excluding hydrogens is 430 g/mol. The van der Waals surface area contributed by atoms with Gasteiger partial charge in [0.1, 0.15) is 6.61 Å². The Morgan fingerprint density at radius 2 is 1.79 bits per heavy atom. The van der Waals surface area contributed by atoms with Gasteiger partial charge in [-0.2, -0.15) is 0 Å². The van der Waals surface area contributed by atoms with E-state index in [0.29, 0.717) is 23.7 Å². The summed E-state index contributed by atoms with van der Waals surface area (Å²) in [5.41, 5.74) is 5.47. The molecular formula is C24H20BrNO3. The van der Waals surface area contributed by atoms with E-state index in [0.717, 1.165) is 26.9 Å².